The van der Waals surface area contributed by atoms with E-state index in [1.165, 1.54) is 83.6 Å². The van der Waals surface area contributed by atoms with Crippen molar-refractivity contribution in [1.29, 1.82) is 0 Å². The van der Waals surface area contributed by atoms with E-state index in [1.807, 2.05) is 0 Å². The number of likely N-dealkylation sites (tertiary alicyclic amines) is 1. The standard InChI is InChI=1S/C12H23N.C11H21N/c1-10(2)12-7-4-6-11(12)13(3)9-5-8-12;1-3-11-8-5-4-6-10(7-9-11)12(11)2/h10-11H,4-9H2,1-3H3;10H,3-9H2,1-2H3. The third-order valence-electron chi connectivity index (χ3n) is 8.94. The third kappa shape index (κ3) is 3.55. The molecular formula is C23H44N2. The zero-order valence-corrected chi connectivity index (χ0v) is 17.8. The summed E-state index contributed by atoms with van der Waals surface area (Å²) in [4.78, 5) is 5.32. The summed E-state index contributed by atoms with van der Waals surface area (Å²) in [6.07, 6.45) is 17.4. The number of nitrogens with zero attached hydrogens (tertiary/aromatic N) is 2. The van der Waals surface area contributed by atoms with Crippen molar-refractivity contribution < 1.29 is 0 Å². The summed E-state index contributed by atoms with van der Waals surface area (Å²) in [5, 5.41) is 0. The minimum Gasteiger partial charge on any atom is -0.303 e. The Balaban J connectivity index is 0.000000146. The van der Waals surface area contributed by atoms with Gasteiger partial charge in [0.2, 0.25) is 0 Å². The fraction of sp³-hybridized carbons (Fsp3) is 1.00. The zero-order chi connectivity index (χ0) is 18.1. The van der Waals surface area contributed by atoms with Gasteiger partial charge in [-0.15, -0.1) is 0 Å². The van der Waals surface area contributed by atoms with Crippen LogP contribution in [-0.4, -0.2) is 48.1 Å². The number of hydrogen-bond acceptors (Lipinski definition) is 2. The molecule has 0 spiro atoms. The first-order chi connectivity index (χ1) is 11.9. The second-order valence-corrected chi connectivity index (χ2v) is 10.0. The van der Waals surface area contributed by atoms with Crippen LogP contribution in [0.5, 0.6) is 0 Å². The first-order valence-electron chi connectivity index (χ1n) is 11.4. The normalized spacial score (nSPS) is 42.0. The molecule has 146 valence electrons. The largest absolute Gasteiger partial charge is 0.303 e. The van der Waals surface area contributed by atoms with E-state index in [0.717, 1.165) is 18.0 Å². The molecule has 0 aromatic heterocycles. The molecule has 2 heteroatoms. The molecule has 0 radical (unpaired) electrons. The van der Waals surface area contributed by atoms with Crippen LogP contribution in [0.1, 0.15) is 97.8 Å². The van der Waals surface area contributed by atoms with Gasteiger partial charge in [-0.25, -0.2) is 0 Å². The van der Waals surface area contributed by atoms with Crippen LogP contribution in [0.3, 0.4) is 0 Å². The summed E-state index contributed by atoms with van der Waals surface area (Å²) in [6, 6.07) is 1.83. The van der Waals surface area contributed by atoms with Gasteiger partial charge in [0, 0.05) is 17.6 Å². The molecule has 2 nitrogen and oxygen atoms in total. The van der Waals surface area contributed by atoms with Crippen molar-refractivity contribution in [2.75, 3.05) is 20.6 Å². The Labute approximate surface area is 157 Å². The maximum Gasteiger partial charge on any atom is 0.0207 e. The molecule has 0 N–H and O–H groups in total. The molecule has 4 rings (SSSR count). The Kier molecular flexibility index (Phi) is 6.21. The van der Waals surface area contributed by atoms with Crippen LogP contribution >= 0.6 is 0 Å². The lowest BCUT2D eigenvalue weighted by Crippen LogP contribution is -2.49. The zero-order valence-electron chi connectivity index (χ0n) is 17.8. The van der Waals surface area contributed by atoms with Crippen LogP contribution in [0.2, 0.25) is 0 Å². The fourth-order valence-electron chi connectivity index (χ4n) is 7.07. The molecule has 4 aliphatic rings. The van der Waals surface area contributed by atoms with E-state index in [0.29, 0.717) is 11.0 Å². The van der Waals surface area contributed by atoms with Crippen molar-refractivity contribution in [1.82, 2.24) is 9.80 Å². The van der Waals surface area contributed by atoms with E-state index in [4.69, 9.17) is 0 Å². The van der Waals surface area contributed by atoms with E-state index >= 15 is 0 Å². The van der Waals surface area contributed by atoms with Gasteiger partial charge >= 0.3 is 0 Å². The van der Waals surface area contributed by atoms with Gasteiger partial charge in [-0.05, 0) is 89.8 Å². The molecular weight excluding hydrogens is 304 g/mol. The third-order valence-corrected chi connectivity index (χ3v) is 8.94. The highest BCUT2D eigenvalue weighted by Crippen LogP contribution is 2.51. The summed E-state index contributed by atoms with van der Waals surface area (Å²) in [5.41, 5.74) is 1.30. The van der Waals surface area contributed by atoms with Crippen molar-refractivity contribution in [2.45, 2.75) is 115 Å². The van der Waals surface area contributed by atoms with Crippen LogP contribution in [0.15, 0.2) is 0 Å². The first-order valence-corrected chi connectivity index (χ1v) is 11.4. The number of piperidine rings is 1. The molecule has 0 aromatic carbocycles. The summed E-state index contributed by atoms with van der Waals surface area (Å²) < 4.78 is 0. The molecule has 3 aliphatic heterocycles. The molecule has 4 unspecified atom stereocenters. The Bertz CT molecular complexity index is 434. The highest BCUT2D eigenvalue weighted by Gasteiger charge is 2.48. The Morgan fingerprint density at radius 1 is 0.880 bits per heavy atom. The van der Waals surface area contributed by atoms with Crippen molar-refractivity contribution in [2.24, 2.45) is 11.3 Å². The first kappa shape index (κ1) is 19.7. The van der Waals surface area contributed by atoms with E-state index in [-0.39, 0.29) is 0 Å². The molecule has 1 saturated carbocycles. The van der Waals surface area contributed by atoms with E-state index in [1.54, 1.807) is 0 Å². The van der Waals surface area contributed by atoms with E-state index in [9.17, 15) is 0 Å². The molecule has 25 heavy (non-hydrogen) atoms. The Hall–Kier alpha value is -0.0800. The van der Waals surface area contributed by atoms with Gasteiger partial charge in [-0.1, -0.05) is 40.0 Å². The van der Waals surface area contributed by atoms with E-state index in [2.05, 4.69) is 44.7 Å². The van der Waals surface area contributed by atoms with Gasteiger partial charge in [0.05, 0.1) is 0 Å². The van der Waals surface area contributed by atoms with Gasteiger partial charge in [-0.2, -0.15) is 0 Å². The number of fused-ring (bicyclic) bond motifs is 3. The second-order valence-electron chi connectivity index (χ2n) is 10.0. The summed E-state index contributed by atoms with van der Waals surface area (Å²) in [5.74, 6) is 0.878. The molecule has 0 amide bonds. The van der Waals surface area contributed by atoms with Crippen LogP contribution in [-0.2, 0) is 0 Å². The van der Waals surface area contributed by atoms with Crippen LogP contribution in [0.25, 0.3) is 0 Å². The smallest absolute Gasteiger partial charge is 0.0207 e. The molecule has 3 heterocycles. The average Bonchev–Trinajstić information content (AvgIpc) is 3.11. The van der Waals surface area contributed by atoms with Crippen molar-refractivity contribution in [3.63, 3.8) is 0 Å². The van der Waals surface area contributed by atoms with E-state index < -0.39 is 0 Å². The predicted molar refractivity (Wildman–Crippen MR) is 109 cm³/mol. The SMILES string of the molecule is CC(C)C12CCCC1N(C)CCC2.CCC12CCCCC(CC1)N2C. The lowest BCUT2D eigenvalue weighted by atomic mass is 9.67. The maximum atomic E-state index is 2.69. The monoisotopic (exact) mass is 348 g/mol. The molecule has 0 aromatic rings. The number of rotatable bonds is 2. The summed E-state index contributed by atoms with van der Waals surface area (Å²) >= 11 is 0. The minimum absolute atomic E-state index is 0.612. The lowest BCUT2D eigenvalue weighted by molar-refractivity contribution is 0.0180. The van der Waals surface area contributed by atoms with Crippen molar-refractivity contribution in [3.05, 3.63) is 0 Å². The predicted octanol–water partition coefficient (Wildman–Crippen LogP) is 5.71. The topological polar surface area (TPSA) is 6.48 Å². The van der Waals surface area contributed by atoms with Gasteiger partial charge < -0.3 is 4.90 Å². The lowest BCUT2D eigenvalue weighted by Gasteiger charge is -2.48. The van der Waals surface area contributed by atoms with Gasteiger partial charge in [0.1, 0.15) is 0 Å². The van der Waals surface area contributed by atoms with Crippen LogP contribution < -0.4 is 0 Å². The maximum absolute atomic E-state index is 2.69. The second kappa shape index (κ2) is 7.89. The van der Waals surface area contributed by atoms with Crippen molar-refractivity contribution >= 4 is 0 Å². The quantitative estimate of drug-likeness (QED) is 0.630. The van der Waals surface area contributed by atoms with Gasteiger partial charge in [0.15, 0.2) is 0 Å². The average molecular weight is 349 g/mol. The molecule has 3 saturated heterocycles. The highest BCUT2D eigenvalue weighted by molar-refractivity contribution is 5.01. The molecule has 4 fully saturated rings. The summed E-state index contributed by atoms with van der Waals surface area (Å²) in [7, 11) is 4.68. The van der Waals surface area contributed by atoms with Crippen molar-refractivity contribution in [3.8, 4) is 0 Å². The van der Waals surface area contributed by atoms with Gasteiger partial charge in [-0.3, -0.25) is 4.90 Å². The van der Waals surface area contributed by atoms with Crippen LogP contribution in [0.4, 0.5) is 0 Å². The number of hydrogen-bond donors (Lipinski definition) is 0. The highest BCUT2D eigenvalue weighted by atomic mass is 15.2. The molecule has 2 bridgehead atoms. The van der Waals surface area contributed by atoms with Crippen LogP contribution in [0, 0.1) is 11.3 Å². The van der Waals surface area contributed by atoms with Gasteiger partial charge in [0.25, 0.3) is 0 Å². The fourth-order valence-corrected chi connectivity index (χ4v) is 7.07. The summed E-state index contributed by atoms with van der Waals surface area (Å²) in [6.45, 7) is 8.55. The minimum atomic E-state index is 0.612. The molecule has 4 atom stereocenters. The Morgan fingerprint density at radius 2 is 1.64 bits per heavy atom. The molecule has 1 aliphatic carbocycles. The Morgan fingerprint density at radius 3 is 2.32 bits per heavy atom.